The molecule has 0 aromatic heterocycles. The zero-order chi connectivity index (χ0) is 15.1. The maximum Gasteiger partial charge on any atom is 0.307 e. The Bertz CT molecular complexity index is 461. The molecule has 20 heavy (non-hydrogen) atoms. The van der Waals surface area contributed by atoms with Crippen LogP contribution in [0.2, 0.25) is 0 Å². The van der Waals surface area contributed by atoms with Gasteiger partial charge in [0.1, 0.15) is 5.82 Å². The van der Waals surface area contributed by atoms with Crippen LogP contribution in [0, 0.1) is 11.7 Å². The molecule has 0 saturated carbocycles. The van der Waals surface area contributed by atoms with Gasteiger partial charge >= 0.3 is 11.9 Å². The predicted octanol–water partition coefficient (Wildman–Crippen LogP) is 1.82. The molecule has 110 valence electrons. The molecule has 0 radical (unpaired) electrons. The number of carboxylic acid groups (broad SMARTS) is 2. The molecule has 2 N–H and O–H groups in total. The van der Waals surface area contributed by atoms with Gasteiger partial charge < -0.3 is 10.2 Å². The maximum atomic E-state index is 12.8. The van der Waals surface area contributed by atoms with Gasteiger partial charge in [-0.15, -0.1) is 0 Å². The topological polar surface area (TPSA) is 77.8 Å². The molecule has 0 aliphatic carbocycles. The standard InChI is InChI=1S/C14H18FNO4/c1-10(14(19)20)8-16(7-6-13(17)18)9-11-2-4-12(15)5-3-11/h2-5,10H,6-9H2,1H3,(H,17,18)(H,19,20). The number of hydrogen-bond donors (Lipinski definition) is 2. The molecule has 1 unspecified atom stereocenters. The van der Waals surface area contributed by atoms with Crippen LogP contribution in [0.25, 0.3) is 0 Å². The Labute approximate surface area is 116 Å². The van der Waals surface area contributed by atoms with E-state index in [1.807, 2.05) is 0 Å². The van der Waals surface area contributed by atoms with Gasteiger partial charge in [-0.25, -0.2) is 4.39 Å². The lowest BCUT2D eigenvalue weighted by Gasteiger charge is -2.23. The Morgan fingerprint density at radius 1 is 1.25 bits per heavy atom. The molecule has 0 saturated heterocycles. The van der Waals surface area contributed by atoms with Crippen LogP contribution >= 0.6 is 0 Å². The average Bonchev–Trinajstić information content (AvgIpc) is 2.38. The molecule has 5 nitrogen and oxygen atoms in total. The van der Waals surface area contributed by atoms with Gasteiger partial charge in [0.15, 0.2) is 0 Å². The second-order valence-corrected chi connectivity index (χ2v) is 4.74. The van der Waals surface area contributed by atoms with E-state index in [1.54, 1.807) is 24.0 Å². The predicted molar refractivity (Wildman–Crippen MR) is 70.7 cm³/mol. The average molecular weight is 283 g/mol. The molecule has 0 aliphatic rings. The molecule has 1 aromatic rings. The third-order valence-electron chi connectivity index (χ3n) is 2.91. The molecule has 0 heterocycles. The van der Waals surface area contributed by atoms with Gasteiger partial charge in [0.2, 0.25) is 0 Å². The van der Waals surface area contributed by atoms with Crippen LogP contribution in [0.5, 0.6) is 0 Å². The fourth-order valence-corrected chi connectivity index (χ4v) is 1.80. The number of benzene rings is 1. The fourth-order valence-electron chi connectivity index (χ4n) is 1.80. The monoisotopic (exact) mass is 283 g/mol. The van der Waals surface area contributed by atoms with Crippen LogP contribution < -0.4 is 0 Å². The first-order valence-electron chi connectivity index (χ1n) is 6.30. The number of carboxylic acids is 2. The Morgan fingerprint density at radius 2 is 1.85 bits per heavy atom. The van der Waals surface area contributed by atoms with Crippen molar-refractivity contribution in [3.63, 3.8) is 0 Å². The van der Waals surface area contributed by atoms with Crippen molar-refractivity contribution in [1.29, 1.82) is 0 Å². The zero-order valence-corrected chi connectivity index (χ0v) is 11.3. The highest BCUT2D eigenvalue weighted by Crippen LogP contribution is 2.10. The summed E-state index contributed by atoms with van der Waals surface area (Å²) < 4.78 is 12.8. The van der Waals surface area contributed by atoms with Crippen molar-refractivity contribution >= 4 is 11.9 Å². The molecule has 1 aromatic carbocycles. The molecule has 0 bridgehead atoms. The fraction of sp³-hybridized carbons (Fsp3) is 0.429. The van der Waals surface area contributed by atoms with E-state index in [9.17, 15) is 14.0 Å². The highest BCUT2D eigenvalue weighted by atomic mass is 19.1. The molecule has 1 atom stereocenters. The van der Waals surface area contributed by atoms with E-state index in [0.29, 0.717) is 6.54 Å². The summed E-state index contributed by atoms with van der Waals surface area (Å²) in [6.07, 6.45) is -0.0620. The van der Waals surface area contributed by atoms with Crippen LogP contribution in [0.4, 0.5) is 4.39 Å². The summed E-state index contributed by atoms with van der Waals surface area (Å²) in [4.78, 5) is 23.3. The van der Waals surface area contributed by atoms with E-state index in [-0.39, 0.29) is 25.3 Å². The summed E-state index contributed by atoms with van der Waals surface area (Å²) in [5, 5.41) is 17.6. The first kappa shape index (κ1) is 16.1. The summed E-state index contributed by atoms with van der Waals surface area (Å²) in [5.74, 6) is -2.80. The zero-order valence-electron chi connectivity index (χ0n) is 11.3. The van der Waals surface area contributed by atoms with Crippen molar-refractivity contribution in [3.05, 3.63) is 35.6 Å². The smallest absolute Gasteiger partial charge is 0.307 e. The first-order valence-corrected chi connectivity index (χ1v) is 6.30. The number of rotatable bonds is 8. The maximum absolute atomic E-state index is 12.8. The summed E-state index contributed by atoms with van der Waals surface area (Å²) in [6.45, 7) is 2.47. The van der Waals surface area contributed by atoms with Crippen molar-refractivity contribution in [1.82, 2.24) is 4.90 Å². The second-order valence-electron chi connectivity index (χ2n) is 4.74. The van der Waals surface area contributed by atoms with Gasteiger partial charge in [0, 0.05) is 19.6 Å². The SMILES string of the molecule is CC(CN(CCC(=O)O)Cc1ccc(F)cc1)C(=O)O. The third kappa shape index (κ3) is 5.79. The summed E-state index contributed by atoms with van der Waals surface area (Å²) in [7, 11) is 0. The van der Waals surface area contributed by atoms with Crippen LogP contribution in [0.3, 0.4) is 0 Å². The first-order chi connectivity index (χ1) is 9.38. The van der Waals surface area contributed by atoms with E-state index in [2.05, 4.69) is 0 Å². The van der Waals surface area contributed by atoms with Crippen LogP contribution in [-0.4, -0.2) is 40.1 Å². The second kappa shape index (κ2) is 7.59. The van der Waals surface area contributed by atoms with Crippen LogP contribution in [0.15, 0.2) is 24.3 Å². The Hall–Kier alpha value is -1.95. The molecule has 0 spiro atoms. The number of carbonyl (C=O) groups is 2. The van der Waals surface area contributed by atoms with Crippen molar-refractivity contribution in [2.75, 3.05) is 13.1 Å². The minimum absolute atomic E-state index is 0.0620. The van der Waals surface area contributed by atoms with Crippen molar-refractivity contribution in [2.45, 2.75) is 19.9 Å². The van der Waals surface area contributed by atoms with Crippen molar-refractivity contribution in [3.8, 4) is 0 Å². The normalized spacial score (nSPS) is 12.3. The third-order valence-corrected chi connectivity index (χ3v) is 2.91. The number of hydrogen-bond acceptors (Lipinski definition) is 3. The molecule has 0 fully saturated rings. The molecule has 6 heteroatoms. The quantitative estimate of drug-likeness (QED) is 0.761. The van der Waals surface area contributed by atoms with Crippen molar-refractivity contribution < 1.29 is 24.2 Å². The van der Waals surface area contributed by atoms with Gasteiger partial charge in [0.05, 0.1) is 12.3 Å². The Morgan fingerprint density at radius 3 is 2.35 bits per heavy atom. The van der Waals surface area contributed by atoms with Gasteiger partial charge in [-0.3, -0.25) is 14.5 Å². The highest BCUT2D eigenvalue weighted by Gasteiger charge is 2.17. The van der Waals surface area contributed by atoms with Gasteiger partial charge in [-0.05, 0) is 17.7 Å². The largest absolute Gasteiger partial charge is 0.481 e. The molecule has 0 amide bonds. The minimum atomic E-state index is -0.933. The van der Waals surface area contributed by atoms with Crippen molar-refractivity contribution in [2.24, 2.45) is 5.92 Å². The van der Waals surface area contributed by atoms with Gasteiger partial charge in [-0.2, -0.15) is 0 Å². The summed E-state index contributed by atoms with van der Waals surface area (Å²) in [5.41, 5.74) is 0.814. The number of halogens is 1. The van der Waals surface area contributed by atoms with E-state index >= 15 is 0 Å². The Balaban J connectivity index is 2.67. The lowest BCUT2D eigenvalue weighted by Crippen LogP contribution is -2.33. The lowest BCUT2D eigenvalue weighted by molar-refractivity contribution is -0.141. The summed E-state index contributed by atoms with van der Waals surface area (Å²) >= 11 is 0. The van der Waals surface area contributed by atoms with Gasteiger partial charge in [0.25, 0.3) is 0 Å². The van der Waals surface area contributed by atoms with E-state index in [1.165, 1.54) is 12.1 Å². The van der Waals surface area contributed by atoms with Gasteiger partial charge in [-0.1, -0.05) is 19.1 Å². The van der Waals surface area contributed by atoms with E-state index < -0.39 is 17.9 Å². The van der Waals surface area contributed by atoms with E-state index in [0.717, 1.165) is 5.56 Å². The molecule has 0 aliphatic heterocycles. The highest BCUT2D eigenvalue weighted by molar-refractivity contribution is 5.69. The number of aliphatic carboxylic acids is 2. The number of nitrogens with zero attached hydrogens (tertiary/aromatic N) is 1. The lowest BCUT2D eigenvalue weighted by atomic mass is 10.1. The van der Waals surface area contributed by atoms with Crippen LogP contribution in [-0.2, 0) is 16.1 Å². The van der Waals surface area contributed by atoms with E-state index in [4.69, 9.17) is 10.2 Å². The Kier molecular flexibility index (Phi) is 6.11. The summed E-state index contributed by atoms with van der Waals surface area (Å²) in [6, 6.07) is 5.86. The molecule has 1 rings (SSSR count). The molecular formula is C14H18FNO4. The van der Waals surface area contributed by atoms with Crippen LogP contribution in [0.1, 0.15) is 18.9 Å². The molecular weight excluding hydrogens is 265 g/mol. The minimum Gasteiger partial charge on any atom is -0.481 e.